The lowest BCUT2D eigenvalue weighted by Gasteiger charge is -2.34. The Hall–Kier alpha value is -4.74. The predicted octanol–water partition coefficient (Wildman–Crippen LogP) is 5.22. The highest BCUT2D eigenvalue weighted by atomic mass is 35.5. The van der Waals surface area contributed by atoms with E-state index in [1.54, 1.807) is 49.4 Å². The summed E-state index contributed by atoms with van der Waals surface area (Å²) < 4.78 is 28.8. The lowest BCUT2D eigenvalue weighted by Crippen LogP contribution is -2.53. The molecule has 44 heavy (non-hydrogen) atoms. The largest absolute Gasteiger partial charge is 0.355 e. The molecule has 0 aliphatic heterocycles. The van der Waals surface area contributed by atoms with Crippen molar-refractivity contribution in [2.24, 2.45) is 0 Å². The number of benzene rings is 4. The molecular formula is C32H31ClN4O6S. The van der Waals surface area contributed by atoms with Crippen molar-refractivity contribution in [2.75, 3.05) is 17.4 Å². The Bertz CT molecular complexity index is 1700. The highest BCUT2D eigenvalue weighted by Crippen LogP contribution is 2.27. The Labute approximate surface area is 261 Å². The van der Waals surface area contributed by atoms with Crippen LogP contribution in [0.5, 0.6) is 0 Å². The topological polar surface area (TPSA) is 130 Å². The molecule has 0 saturated heterocycles. The van der Waals surface area contributed by atoms with Gasteiger partial charge in [-0.3, -0.25) is 24.0 Å². The number of nitro groups is 1. The van der Waals surface area contributed by atoms with E-state index >= 15 is 0 Å². The minimum Gasteiger partial charge on any atom is -0.355 e. The molecule has 2 amide bonds. The lowest BCUT2D eigenvalue weighted by molar-refractivity contribution is -0.384. The van der Waals surface area contributed by atoms with Gasteiger partial charge in [-0.1, -0.05) is 78.3 Å². The van der Waals surface area contributed by atoms with Gasteiger partial charge in [-0.15, -0.1) is 0 Å². The number of nitrogens with one attached hydrogen (secondary N) is 1. The monoisotopic (exact) mass is 634 g/mol. The second kappa shape index (κ2) is 14.6. The van der Waals surface area contributed by atoms with Gasteiger partial charge in [0.15, 0.2) is 0 Å². The number of hydrogen-bond donors (Lipinski definition) is 1. The molecule has 4 aromatic rings. The molecule has 12 heteroatoms. The molecule has 0 radical (unpaired) electrons. The number of halogens is 1. The van der Waals surface area contributed by atoms with Crippen LogP contribution in [0.4, 0.5) is 11.4 Å². The third kappa shape index (κ3) is 7.80. The molecule has 0 unspecified atom stereocenters. The van der Waals surface area contributed by atoms with Crippen LogP contribution < -0.4 is 9.62 Å². The molecule has 0 aliphatic rings. The van der Waals surface area contributed by atoms with Gasteiger partial charge in [-0.2, -0.15) is 0 Å². The van der Waals surface area contributed by atoms with Crippen molar-refractivity contribution in [3.63, 3.8) is 0 Å². The van der Waals surface area contributed by atoms with Gasteiger partial charge in [0.2, 0.25) is 11.8 Å². The number of likely N-dealkylation sites (N-methyl/N-ethyl adjacent to an activating group) is 1. The van der Waals surface area contributed by atoms with Gasteiger partial charge < -0.3 is 10.2 Å². The number of hydrogen-bond acceptors (Lipinski definition) is 6. The van der Waals surface area contributed by atoms with Crippen LogP contribution in [0.1, 0.15) is 18.1 Å². The van der Waals surface area contributed by atoms with Crippen molar-refractivity contribution in [3.05, 3.63) is 135 Å². The maximum Gasteiger partial charge on any atom is 0.269 e. The SMILES string of the molecule is CCNC(=O)[C@H](Cc1ccccc1)N(Cc1ccccc1Cl)C(=O)CN(c1ccc([N+](=O)[O-])cc1)S(=O)(=O)c1ccccc1. The maximum absolute atomic E-state index is 14.3. The van der Waals surface area contributed by atoms with Gasteiger partial charge in [0.1, 0.15) is 12.6 Å². The first-order valence-corrected chi connectivity index (χ1v) is 15.6. The van der Waals surface area contributed by atoms with Crippen LogP contribution in [0.2, 0.25) is 5.02 Å². The predicted molar refractivity (Wildman–Crippen MR) is 169 cm³/mol. The molecule has 0 saturated carbocycles. The van der Waals surface area contributed by atoms with Gasteiger partial charge in [0.05, 0.1) is 15.5 Å². The first-order chi connectivity index (χ1) is 21.1. The van der Waals surface area contributed by atoms with Crippen molar-refractivity contribution in [1.29, 1.82) is 0 Å². The van der Waals surface area contributed by atoms with Crippen LogP contribution in [0.3, 0.4) is 0 Å². The summed E-state index contributed by atoms with van der Waals surface area (Å²) in [5.41, 5.74) is 1.17. The van der Waals surface area contributed by atoms with Crippen LogP contribution >= 0.6 is 11.6 Å². The summed E-state index contributed by atoms with van der Waals surface area (Å²) >= 11 is 6.47. The quantitative estimate of drug-likeness (QED) is 0.159. The number of nitrogens with zero attached hydrogens (tertiary/aromatic N) is 3. The fraction of sp³-hybridized carbons (Fsp3) is 0.188. The van der Waals surface area contributed by atoms with Gasteiger partial charge >= 0.3 is 0 Å². The van der Waals surface area contributed by atoms with Crippen LogP contribution in [0.15, 0.2) is 114 Å². The molecule has 4 rings (SSSR count). The zero-order valence-corrected chi connectivity index (χ0v) is 25.4. The minimum absolute atomic E-state index is 0.0446. The zero-order valence-electron chi connectivity index (χ0n) is 23.9. The van der Waals surface area contributed by atoms with E-state index in [1.807, 2.05) is 30.3 Å². The number of rotatable bonds is 13. The standard InChI is InChI=1S/C32H31ClN4O6S/c1-2-34-32(39)30(21-24-11-5-3-6-12-24)35(22-25-13-9-10-16-29(25)33)31(38)23-36(26-17-19-27(20-18-26)37(40)41)44(42,43)28-14-7-4-8-15-28/h3-20,30H,2,21-23H2,1H3,(H,34,39)/t30-/m0/s1. The average molecular weight is 635 g/mol. The van der Waals surface area contributed by atoms with E-state index < -0.39 is 39.3 Å². The summed E-state index contributed by atoms with van der Waals surface area (Å²) in [5.74, 6) is -1.08. The third-order valence-corrected chi connectivity index (χ3v) is 9.04. The summed E-state index contributed by atoms with van der Waals surface area (Å²) in [6, 6.07) is 27.5. The van der Waals surface area contributed by atoms with Crippen LogP contribution in [0.25, 0.3) is 0 Å². The highest BCUT2D eigenvalue weighted by molar-refractivity contribution is 7.92. The number of amides is 2. The highest BCUT2D eigenvalue weighted by Gasteiger charge is 2.34. The second-order valence-corrected chi connectivity index (χ2v) is 12.1. The molecule has 0 aliphatic carbocycles. The molecule has 0 fully saturated rings. The molecule has 0 heterocycles. The minimum atomic E-state index is -4.32. The summed E-state index contributed by atoms with van der Waals surface area (Å²) in [7, 11) is -4.32. The van der Waals surface area contributed by atoms with E-state index in [4.69, 9.17) is 11.6 Å². The number of nitro benzene ring substituents is 1. The zero-order chi connectivity index (χ0) is 31.7. The van der Waals surface area contributed by atoms with Gasteiger partial charge in [0.25, 0.3) is 15.7 Å². The molecule has 0 aromatic heterocycles. The van der Waals surface area contributed by atoms with Gasteiger partial charge in [-0.25, -0.2) is 8.42 Å². The van der Waals surface area contributed by atoms with E-state index in [9.17, 15) is 28.1 Å². The van der Waals surface area contributed by atoms with E-state index in [1.165, 1.54) is 41.3 Å². The fourth-order valence-corrected chi connectivity index (χ4v) is 6.28. The molecular weight excluding hydrogens is 604 g/mol. The number of non-ortho nitro benzene ring substituents is 1. The van der Waals surface area contributed by atoms with Crippen molar-refractivity contribution in [1.82, 2.24) is 10.2 Å². The Morgan fingerprint density at radius 3 is 2.07 bits per heavy atom. The molecule has 4 aromatic carbocycles. The normalized spacial score (nSPS) is 11.8. The Morgan fingerprint density at radius 2 is 1.48 bits per heavy atom. The number of carbonyl (C=O) groups excluding carboxylic acids is 2. The Morgan fingerprint density at radius 1 is 0.886 bits per heavy atom. The molecule has 10 nitrogen and oxygen atoms in total. The summed E-state index contributed by atoms with van der Waals surface area (Å²) in [5, 5.41) is 14.5. The van der Waals surface area contributed by atoms with Crippen molar-refractivity contribution >= 4 is 44.8 Å². The first kappa shape index (κ1) is 32.2. The van der Waals surface area contributed by atoms with Crippen LogP contribution in [0, 0.1) is 10.1 Å². The number of anilines is 1. The lowest BCUT2D eigenvalue weighted by atomic mass is 10.0. The van der Waals surface area contributed by atoms with Crippen molar-refractivity contribution in [2.45, 2.75) is 30.8 Å². The summed E-state index contributed by atoms with van der Waals surface area (Å²) in [4.78, 5) is 39.8. The van der Waals surface area contributed by atoms with Crippen molar-refractivity contribution in [3.8, 4) is 0 Å². The Kier molecular flexibility index (Phi) is 10.7. The Balaban J connectivity index is 1.81. The first-order valence-electron chi connectivity index (χ1n) is 13.8. The average Bonchev–Trinajstić information content (AvgIpc) is 3.03. The molecule has 1 N–H and O–H groups in total. The molecule has 0 bridgehead atoms. The fourth-order valence-electron chi connectivity index (χ4n) is 4.65. The van der Waals surface area contributed by atoms with Crippen LogP contribution in [-0.2, 0) is 32.6 Å². The molecule has 0 spiro atoms. The van der Waals surface area contributed by atoms with Gasteiger partial charge in [-0.05, 0) is 48.4 Å². The third-order valence-electron chi connectivity index (χ3n) is 6.88. The number of carbonyl (C=O) groups is 2. The number of sulfonamides is 1. The van der Waals surface area contributed by atoms with E-state index in [2.05, 4.69) is 5.32 Å². The molecule has 1 atom stereocenters. The van der Waals surface area contributed by atoms with E-state index in [0.717, 1.165) is 9.87 Å². The maximum atomic E-state index is 14.3. The van der Waals surface area contributed by atoms with Crippen molar-refractivity contribution < 1.29 is 22.9 Å². The van der Waals surface area contributed by atoms with Gasteiger partial charge in [0, 0.05) is 36.7 Å². The summed E-state index contributed by atoms with van der Waals surface area (Å²) in [6.07, 6.45) is 0.159. The summed E-state index contributed by atoms with van der Waals surface area (Å²) in [6.45, 7) is 1.31. The van der Waals surface area contributed by atoms with E-state index in [-0.39, 0.29) is 29.2 Å². The van der Waals surface area contributed by atoms with E-state index in [0.29, 0.717) is 17.1 Å². The second-order valence-electron chi connectivity index (χ2n) is 9.81. The smallest absolute Gasteiger partial charge is 0.269 e. The van der Waals surface area contributed by atoms with Crippen LogP contribution in [-0.4, -0.2) is 49.2 Å². The molecule has 228 valence electrons.